The molecule has 1 amide bonds. The number of aromatic nitrogens is 2. The van der Waals surface area contributed by atoms with Crippen molar-refractivity contribution in [2.75, 3.05) is 18.6 Å². The summed E-state index contributed by atoms with van der Waals surface area (Å²) >= 11 is 0. The van der Waals surface area contributed by atoms with Crippen LogP contribution < -0.4 is 9.64 Å². The molecule has 1 aromatic heterocycles. The summed E-state index contributed by atoms with van der Waals surface area (Å²) in [5.74, 6) is 0.650. The third kappa shape index (κ3) is 3.80. The van der Waals surface area contributed by atoms with Gasteiger partial charge in [-0.3, -0.25) is 4.79 Å². The predicted molar refractivity (Wildman–Crippen MR) is 97.4 cm³/mol. The summed E-state index contributed by atoms with van der Waals surface area (Å²) in [6.07, 6.45) is -4.39. The first-order valence-corrected chi connectivity index (χ1v) is 8.81. The van der Waals surface area contributed by atoms with Gasteiger partial charge in [-0.1, -0.05) is 11.2 Å². The Morgan fingerprint density at radius 2 is 1.93 bits per heavy atom. The fraction of sp³-hybridized carbons (Fsp3) is 0.250. The van der Waals surface area contributed by atoms with Crippen LogP contribution in [0.15, 0.2) is 53.1 Å². The molecule has 0 saturated carbocycles. The lowest BCUT2D eigenvalue weighted by molar-refractivity contribution is -0.137. The van der Waals surface area contributed by atoms with Gasteiger partial charge in [0, 0.05) is 24.2 Å². The van der Waals surface area contributed by atoms with Crippen LogP contribution in [0.2, 0.25) is 0 Å². The minimum absolute atomic E-state index is 0.0838. The van der Waals surface area contributed by atoms with Crippen molar-refractivity contribution in [3.8, 4) is 17.1 Å². The summed E-state index contributed by atoms with van der Waals surface area (Å²) in [6.45, 7) is 0.171. The molecule has 1 fully saturated rings. The number of ether oxygens (including phenoxy) is 1. The molecule has 0 N–H and O–H groups in total. The molecule has 1 aliphatic heterocycles. The largest absolute Gasteiger partial charge is 0.497 e. The van der Waals surface area contributed by atoms with Crippen molar-refractivity contribution in [3.05, 3.63) is 60.0 Å². The Balaban J connectivity index is 1.53. The van der Waals surface area contributed by atoms with Crippen LogP contribution in [0.5, 0.6) is 5.75 Å². The molecule has 0 aliphatic carbocycles. The van der Waals surface area contributed by atoms with Crippen LogP contribution in [0.3, 0.4) is 0 Å². The fourth-order valence-electron chi connectivity index (χ4n) is 3.23. The van der Waals surface area contributed by atoms with Crippen molar-refractivity contribution in [3.63, 3.8) is 0 Å². The summed E-state index contributed by atoms with van der Waals surface area (Å²) < 4.78 is 49.3. The van der Waals surface area contributed by atoms with E-state index in [1.54, 1.807) is 31.4 Å². The molecule has 29 heavy (non-hydrogen) atoms. The molecular formula is C20H16F3N3O3. The lowest BCUT2D eigenvalue weighted by atomic mass is 10.1. The highest BCUT2D eigenvalue weighted by Gasteiger charge is 2.37. The standard InChI is InChI=1S/C20H16F3N3O3/c1-28-16-7-5-12(6-8-16)18-24-19(29-25-18)13-9-17(27)26(11-13)15-4-2-3-14(10-15)20(21,22)23/h2-8,10,13H,9,11H2,1H3. The van der Waals surface area contributed by atoms with Gasteiger partial charge in [0.05, 0.1) is 18.6 Å². The molecule has 0 radical (unpaired) electrons. The van der Waals surface area contributed by atoms with Crippen LogP contribution >= 0.6 is 0 Å². The second-order valence-electron chi connectivity index (χ2n) is 6.64. The lowest BCUT2D eigenvalue weighted by Crippen LogP contribution is -2.24. The van der Waals surface area contributed by atoms with Gasteiger partial charge in [0.25, 0.3) is 0 Å². The Hall–Kier alpha value is -3.36. The van der Waals surface area contributed by atoms with Crippen molar-refractivity contribution in [2.24, 2.45) is 0 Å². The van der Waals surface area contributed by atoms with Gasteiger partial charge in [-0.25, -0.2) is 0 Å². The third-order valence-corrected chi connectivity index (χ3v) is 4.75. The quantitative estimate of drug-likeness (QED) is 0.650. The maximum atomic E-state index is 13.0. The molecule has 0 bridgehead atoms. The van der Waals surface area contributed by atoms with Crippen molar-refractivity contribution in [1.29, 1.82) is 0 Å². The summed E-state index contributed by atoms with van der Waals surface area (Å²) in [7, 11) is 1.56. The number of halogens is 3. The first kappa shape index (κ1) is 19.0. The van der Waals surface area contributed by atoms with Gasteiger partial charge in [0.15, 0.2) is 0 Å². The third-order valence-electron chi connectivity index (χ3n) is 4.75. The highest BCUT2D eigenvalue weighted by molar-refractivity contribution is 5.96. The summed E-state index contributed by atoms with van der Waals surface area (Å²) in [4.78, 5) is 18.1. The molecule has 6 nitrogen and oxygen atoms in total. The van der Waals surface area contributed by atoms with E-state index in [0.29, 0.717) is 11.6 Å². The van der Waals surface area contributed by atoms with Crippen LogP contribution in [0.4, 0.5) is 18.9 Å². The molecule has 1 unspecified atom stereocenters. The average Bonchev–Trinajstić information content (AvgIpc) is 3.34. The molecule has 9 heteroatoms. The number of methoxy groups -OCH3 is 1. The van der Waals surface area contributed by atoms with Crippen LogP contribution in [0.1, 0.15) is 23.8 Å². The van der Waals surface area contributed by atoms with Gasteiger partial charge < -0.3 is 14.2 Å². The zero-order valence-corrected chi connectivity index (χ0v) is 15.3. The van der Waals surface area contributed by atoms with Gasteiger partial charge in [0.1, 0.15) is 5.75 Å². The van der Waals surface area contributed by atoms with Crippen LogP contribution in [0.25, 0.3) is 11.4 Å². The number of benzene rings is 2. The van der Waals surface area contributed by atoms with E-state index in [2.05, 4.69) is 10.1 Å². The number of nitrogens with zero attached hydrogens (tertiary/aromatic N) is 3. The maximum absolute atomic E-state index is 13.0. The van der Waals surface area contributed by atoms with Gasteiger partial charge in [0.2, 0.25) is 17.6 Å². The lowest BCUT2D eigenvalue weighted by Gasteiger charge is -2.17. The molecule has 2 heterocycles. The van der Waals surface area contributed by atoms with Crippen LogP contribution in [-0.4, -0.2) is 29.7 Å². The van der Waals surface area contributed by atoms with E-state index in [0.717, 1.165) is 17.7 Å². The number of rotatable bonds is 4. The van der Waals surface area contributed by atoms with E-state index < -0.39 is 17.7 Å². The SMILES string of the molecule is COc1ccc(-c2noc(C3CC(=O)N(c4cccc(C(F)(F)F)c4)C3)n2)cc1. The van der Waals surface area contributed by atoms with Gasteiger partial charge in [-0.2, -0.15) is 18.2 Å². The second-order valence-corrected chi connectivity index (χ2v) is 6.64. The van der Waals surface area contributed by atoms with Gasteiger partial charge in [-0.05, 0) is 42.5 Å². The smallest absolute Gasteiger partial charge is 0.416 e. The number of carbonyl (C=O) groups excluding carboxylic acids is 1. The average molecular weight is 403 g/mol. The number of hydrogen-bond donors (Lipinski definition) is 0. The van der Waals surface area contributed by atoms with E-state index in [-0.39, 0.29) is 30.5 Å². The Kier molecular flexibility index (Phi) is 4.73. The molecule has 3 aromatic rings. The zero-order valence-electron chi connectivity index (χ0n) is 15.3. The Morgan fingerprint density at radius 3 is 2.62 bits per heavy atom. The summed E-state index contributed by atoms with van der Waals surface area (Å²) in [5, 5.41) is 3.95. The normalized spacial score (nSPS) is 17.0. The summed E-state index contributed by atoms with van der Waals surface area (Å²) in [6, 6.07) is 11.8. The van der Waals surface area contributed by atoms with Crippen molar-refractivity contribution < 1.29 is 27.2 Å². The Bertz CT molecular complexity index is 1030. The molecule has 150 valence electrons. The number of amides is 1. The number of anilines is 1. The van der Waals surface area contributed by atoms with E-state index >= 15 is 0 Å². The van der Waals surface area contributed by atoms with E-state index in [1.165, 1.54) is 17.0 Å². The molecule has 1 atom stereocenters. The topological polar surface area (TPSA) is 68.5 Å². The minimum atomic E-state index is -4.47. The molecule has 2 aromatic carbocycles. The molecule has 1 saturated heterocycles. The van der Waals surface area contributed by atoms with Crippen molar-refractivity contribution in [1.82, 2.24) is 10.1 Å². The zero-order chi connectivity index (χ0) is 20.6. The van der Waals surface area contributed by atoms with E-state index in [4.69, 9.17) is 9.26 Å². The predicted octanol–water partition coefficient (Wildman–Crippen LogP) is 4.28. The molecule has 4 rings (SSSR count). The first-order valence-electron chi connectivity index (χ1n) is 8.81. The number of carbonyl (C=O) groups is 1. The van der Waals surface area contributed by atoms with Crippen molar-refractivity contribution in [2.45, 2.75) is 18.5 Å². The monoisotopic (exact) mass is 403 g/mol. The number of hydrogen-bond acceptors (Lipinski definition) is 5. The van der Waals surface area contributed by atoms with E-state index in [9.17, 15) is 18.0 Å². The van der Waals surface area contributed by atoms with Gasteiger partial charge >= 0.3 is 6.18 Å². The molecule has 1 aliphatic rings. The molecular weight excluding hydrogens is 387 g/mol. The van der Waals surface area contributed by atoms with Gasteiger partial charge in [-0.15, -0.1) is 0 Å². The van der Waals surface area contributed by atoms with Crippen molar-refractivity contribution >= 4 is 11.6 Å². The molecule has 0 spiro atoms. The highest BCUT2D eigenvalue weighted by Crippen LogP contribution is 2.35. The highest BCUT2D eigenvalue weighted by atomic mass is 19.4. The number of alkyl halides is 3. The maximum Gasteiger partial charge on any atom is 0.416 e. The fourth-order valence-corrected chi connectivity index (χ4v) is 3.23. The first-order chi connectivity index (χ1) is 13.8. The summed E-state index contributed by atoms with van der Waals surface area (Å²) in [5.41, 5.74) is 0.118. The second kappa shape index (κ2) is 7.23. The van der Waals surface area contributed by atoms with E-state index in [1.807, 2.05) is 0 Å². The van der Waals surface area contributed by atoms with Crippen LogP contribution in [-0.2, 0) is 11.0 Å². The van der Waals surface area contributed by atoms with Crippen LogP contribution in [0, 0.1) is 0 Å². The minimum Gasteiger partial charge on any atom is -0.497 e. The Morgan fingerprint density at radius 1 is 1.17 bits per heavy atom. The Labute approximate surface area is 163 Å².